The van der Waals surface area contributed by atoms with Crippen molar-refractivity contribution < 1.29 is 13.2 Å². The molecule has 90 valence electrons. The molecule has 15 heavy (non-hydrogen) atoms. The van der Waals surface area contributed by atoms with E-state index in [0.717, 1.165) is 32.1 Å². The molecule has 1 aliphatic heterocycles. The van der Waals surface area contributed by atoms with E-state index in [2.05, 4.69) is 0 Å². The summed E-state index contributed by atoms with van der Waals surface area (Å²) in [7, 11) is -2.91. The zero-order valence-electron chi connectivity index (χ0n) is 9.15. The van der Waals surface area contributed by atoms with E-state index >= 15 is 0 Å². The highest BCUT2D eigenvalue weighted by Crippen LogP contribution is 2.14. The van der Waals surface area contributed by atoms with Gasteiger partial charge in [0.05, 0.1) is 17.6 Å². The molecular formula is C10H21NO3S. The van der Waals surface area contributed by atoms with Crippen LogP contribution in [-0.4, -0.2) is 39.2 Å². The van der Waals surface area contributed by atoms with Crippen LogP contribution in [0.15, 0.2) is 0 Å². The lowest BCUT2D eigenvalue weighted by molar-refractivity contribution is 0.127. The molecular weight excluding hydrogens is 214 g/mol. The molecule has 0 radical (unpaired) electrons. The fourth-order valence-electron chi connectivity index (χ4n) is 1.79. The van der Waals surface area contributed by atoms with Crippen molar-refractivity contribution in [3.8, 4) is 0 Å². The van der Waals surface area contributed by atoms with Crippen LogP contribution in [0.5, 0.6) is 0 Å². The molecule has 1 aliphatic rings. The van der Waals surface area contributed by atoms with Crippen LogP contribution in [0.1, 0.15) is 32.1 Å². The van der Waals surface area contributed by atoms with Crippen LogP contribution in [0.25, 0.3) is 0 Å². The van der Waals surface area contributed by atoms with Crippen LogP contribution in [0.3, 0.4) is 0 Å². The van der Waals surface area contributed by atoms with E-state index in [4.69, 9.17) is 10.5 Å². The van der Waals surface area contributed by atoms with Crippen molar-refractivity contribution in [1.29, 1.82) is 0 Å². The third-order valence-electron chi connectivity index (χ3n) is 2.62. The first-order chi connectivity index (χ1) is 7.14. The summed E-state index contributed by atoms with van der Waals surface area (Å²) in [5, 5.41) is 0. The summed E-state index contributed by atoms with van der Waals surface area (Å²) in [6.45, 7) is 1.36. The van der Waals surface area contributed by atoms with Crippen molar-refractivity contribution in [1.82, 2.24) is 0 Å². The fourth-order valence-corrected chi connectivity index (χ4v) is 3.43. The van der Waals surface area contributed by atoms with Gasteiger partial charge in [-0.1, -0.05) is 6.42 Å². The van der Waals surface area contributed by atoms with Gasteiger partial charge in [0.1, 0.15) is 0 Å². The Labute approximate surface area is 92.1 Å². The van der Waals surface area contributed by atoms with Gasteiger partial charge in [-0.25, -0.2) is 8.42 Å². The third kappa shape index (κ3) is 5.49. The number of unbranched alkanes of at least 4 members (excludes halogenated alkanes) is 2. The van der Waals surface area contributed by atoms with E-state index in [1.807, 2.05) is 0 Å². The second-order valence-corrected chi connectivity index (χ2v) is 6.33. The Morgan fingerprint density at radius 2 is 2.07 bits per heavy atom. The van der Waals surface area contributed by atoms with Gasteiger partial charge >= 0.3 is 0 Å². The minimum absolute atomic E-state index is 0.0514. The van der Waals surface area contributed by atoms with E-state index in [0.29, 0.717) is 13.2 Å². The molecule has 0 aromatic heterocycles. The molecule has 0 bridgehead atoms. The molecule has 1 unspecified atom stereocenters. The van der Waals surface area contributed by atoms with Crippen LogP contribution in [0.4, 0.5) is 0 Å². The Bertz CT molecular complexity index is 258. The van der Waals surface area contributed by atoms with Crippen molar-refractivity contribution in [2.24, 2.45) is 5.73 Å². The predicted molar refractivity (Wildman–Crippen MR) is 60.5 cm³/mol. The van der Waals surface area contributed by atoms with Gasteiger partial charge < -0.3 is 10.5 Å². The molecule has 0 aliphatic carbocycles. The number of sulfone groups is 1. The minimum atomic E-state index is -2.91. The van der Waals surface area contributed by atoms with Crippen LogP contribution in [-0.2, 0) is 14.6 Å². The van der Waals surface area contributed by atoms with E-state index in [9.17, 15) is 8.42 Å². The van der Waals surface area contributed by atoms with Crippen LogP contribution >= 0.6 is 0 Å². The molecule has 0 spiro atoms. The Morgan fingerprint density at radius 1 is 1.27 bits per heavy atom. The molecule has 5 heteroatoms. The second kappa shape index (κ2) is 6.45. The first kappa shape index (κ1) is 12.9. The second-order valence-electron chi connectivity index (χ2n) is 4.10. The molecule has 1 heterocycles. The Balaban J connectivity index is 2.19. The Kier molecular flexibility index (Phi) is 5.56. The molecule has 1 fully saturated rings. The summed E-state index contributed by atoms with van der Waals surface area (Å²) in [6, 6.07) is 0. The highest BCUT2D eigenvalue weighted by molar-refractivity contribution is 7.91. The number of rotatable bonds is 7. The summed E-state index contributed by atoms with van der Waals surface area (Å²) in [5.41, 5.74) is 5.34. The van der Waals surface area contributed by atoms with Gasteiger partial charge in [0.2, 0.25) is 0 Å². The van der Waals surface area contributed by atoms with Crippen molar-refractivity contribution >= 4 is 9.84 Å². The van der Waals surface area contributed by atoms with E-state index in [-0.39, 0.29) is 17.6 Å². The molecule has 1 atom stereocenters. The molecule has 4 nitrogen and oxygen atoms in total. The van der Waals surface area contributed by atoms with Crippen molar-refractivity contribution in [3.05, 3.63) is 0 Å². The zero-order chi connectivity index (χ0) is 11.1. The standard InChI is InChI=1S/C10H21NO3S/c11-6-2-1-3-8-15(12,13)9-10-5-4-7-14-10/h10H,1-9,11H2. The lowest BCUT2D eigenvalue weighted by atomic mass is 10.2. The normalized spacial score (nSPS) is 22.1. The number of nitrogens with two attached hydrogens (primary N) is 1. The molecule has 2 N–H and O–H groups in total. The maximum Gasteiger partial charge on any atom is 0.152 e. The lowest BCUT2D eigenvalue weighted by Gasteiger charge is -2.09. The van der Waals surface area contributed by atoms with E-state index in [1.54, 1.807) is 0 Å². The predicted octanol–water partition coefficient (Wildman–Crippen LogP) is 0.709. The average Bonchev–Trinajstić information content (AvgIpc) is 2.64. The summed E-state index contributed by atoms with van der Waals surface area (Å²) in [5.74, 6) is 0.489. The number of hydrogen-bond acceptors (Lipinski definition) is 4. The van der Waals surface area contributed by atoms with Crippen molar-refractivity contribution in [2.75, 3.05) is 24.7 Å². The van der Waals surface area contributed by atoms with Gasteiger partial charge in [-0.15, -0.1) is 0 Å². The van der Waals surface area contributed by atoms with E-state index in [1.165, 1.54) is 0 Å². The van der Waals surface area contributed by atoms with E-state index < -0.39 is 9.84 Å². The molecule has 1 rings (SSSR count). The third-order valence-corrected chi connectivity index (χ3v) is 4.41. The summed E-state index contributed by atoms with van der Waals surface area (Å²) in [4.78, 5) is 0. The topological polar surface area (TPSA) is 69.4 Å². The molecule has 0 saturated carbocycles. The maximum absolute atomic E-state index is 11.6. The average molecular weight is 235 g/mol. The van der Waals surface area contributed by atoms with Gasteiger partial charge in [-0.3, -0.25) is 0 Å². The minimum Gasteiger partial charge on any atom is -0.377 e. The van der Waals surface area contributed by atoms with Gasteiger partial charge in [0.25, 0.3) is 0 Å². The van der Waals surface area contributed by atoms with Gasteiger partial charge in [0.15, 0.2) is 9.84 Å². The Morgan fingerprint density at radius 3 is 2.67 bits per heavy atom. The first-order valence-electron chi connectivity index (χ1n) is 5.66. The fraction of sp³-hybridized carbons (Fsp3) is 1.00. The molecule has 1 saturated heterocycles. The zero-order valence-corrected chi connectivity index (χ0v) is 9.97. The Hall–Kier alpha value is -0.130. The van der Waals surface area contributed by atoms with Crippen LogP contribution in [0, 0.1) is 0 Å². The maximum atomic E-state index is 11.6. The largest absolute Gasteiger partial charge is 0.377 e. The van der Waals surface area contributed by atoms with Gasteiger partial charge in [-0.05, 0) is 32.2 Å². The van der Waals surface area contributed by atoms with Crippen molar-refractivity contribution in [2.45, 2.75) is 38.2 Å². The SMILES string of the molecule is NCCCCCS(=O)(=O)CC1CCCO1. The molecule has 0 aromatic carbocycles. The number of hydrogen-bond donors (Lipinski definition) is 1. The van der Waals surface area contributed by atoms with Crippen molar-refractivity contribution in [3.63, 3.8) is 0 Å². The number of ether oxygens (including phenoxy) is 1. The lowest BCUT2D eigenvalue weighted by Crippen LogP contribution is -2.22. The molecule has 0 amide bonds. The molecule has 0 aromatic rings. The highest BCUT2D eigenvalue weighted by atomic mass is 32.2. The van der Waals surface area contributed by atoms with Gasteiger partial charge in [0, 0.05) is 6.61 Å². The summed E-state index contributed by atoms with van der Waals surface area (Å²) in [6.07, 6.45) is 4.38. The quantitative estimate of drug-likeness (QED) is 0.660. The smallest absolute Gasteiger partial charge is 0.152 e. The first-order valence-corrected chi connectivity index (χ1v) is 7.48. The van der Waals surface area contributed by atoms with Crippen LogP contribution in [0.2, 0.25) is 0 Å². The summed E-state index contributed by atoms with van der Waals surface area (Å²) < 4.78 is 28.6. The van der Waals surface area contributed by atoms with Gasteiger partial charge in [-0.2, -0.15) is 0 Å². The summed E-state index contributed by atoms with van der Waals surface area (Å²) >= 11 is 0. The highest BCUT2D eigenvalue weighted by Gasteiger charge is 2.22. The monoisotopic (exact) mass is 235 g/mol. The van der Waals surface area contributed by atoms with Crippen LogP contribution < -0.4 is 5.73 Å².